The van der Waals surface area contributed by atoms with Crippen molar-refractivity contribution in [3.8, 4) is 11.5 Å². The van der Waals surface area contributed by atoms with Crippen LogP contribution in [0.1, 0.15) is 20.7 Å². The Labute approximate surface area is 168 Å². The Morgan fingerprint density at radius 3 is 1.93 bits per heavy atom. The topological polar surface area (TPSA) is 81.7 Å². The Hall–Kier alpha value is -3.93. The molecule has 146 valence electrons. The maximum Gasteiger partial charge on any atom is 0.325 e. The molecular weight excluding hydrogens is 370 g/mol. The van der Waals surface area contributed by atoms with Crippen LogP contribution in [0.4, 0.5) is 0 Å². The van der Waals surface area contributed by atoms with Crippen molar-refractivity contribution < 1.29 is 23.9 Å². The Kier molecular flexibility index (Phi) is 6.73. The Balaban J connectivity index is 1.44. The zero-order chi connectivity index (χ0) is 20.5. The van der Waals surface area contributed by atoms with E-state index in [1.807, 2.05) is 30.3 Å². The highest BCUT2D eigenvalue weighted by atomic mass is 16.5. The molecule has 6 heteroatoms. The van der Waals surface area contributed by atoms with Crippen LogP contribution >= 0.6 is 0 Å². The highest BCUT2D eigenvalue weighted by molar-refractivity contribution is 5.98. The second-order valence-electron chi connectivity index (χ2n) is 6.07. The van der Waals surface area contributed by atoms with Crippen molar-refractivity contribution in [2.45, 2.75) is 0 Å². The van der Waals surface area contributed by atoms with Crippen LogP contribution in [0.15, 0.2) is 84.9 Å². The number of carbonyl (C=O) groups is 3. The number of para-hydroxylation sites is 1. The average molecular weight is 389 g/mol. The molecule has 0 atom stereocenters. The van der Waals surface area contributed by atoms with Gasteiger partial charge in [-0.2, -0.15) is 0 Å². The van der Waals surface area contributed by atoms with Gasteiger partial charge in [0, 0.05) is 11.1 Å². The Bertz CT molecular complexity index is 969. The fraction of sp³-hybridized carbons (Fsp3) is 0.0870. The normalized spacial score (nSPS) is 10.1. The van der Waals surface area contributed by atoms with E-state index in [0.29, 0.717) is 22.6 Å². The zero-order valence-corrected chi connectivity index (χ0v) is 15.5. The van der Waals surface area contributed by atoms with Gasteiger partial charge in [-0.15, -0.1) is 0 Å². The van der Waals surface area contributed by atoms with Crippen molar-refractivity contribution in [3.05, 3.63) is 96.1 Å². The number of hydrogen-bond acceptors (Lipinski definition) is 5. The molecule has 0 aliphatic carbocycles. The molecule has 0 heterocycles. The smallest absolute Gasteiger partial charge is 0.325 e. The summed E-state index contributed by atoms with van der Waals surface area (Å²) in [6.07, 6.45) is 0. The third kappa shape index (κ3) is 6.04. The van der Waals surface area contributed by atoms with Crippen LogP contribution in [0.25, 0.3) is 0 Å². The number of carbonyl (C=O) groups excluding carboxylic acids is 3. The van der Waals surface area contributed by atoms with Gasteiger partial charge >= 0.3 is 5.97 Å². The van der Waals surface area contributed by atoms with Crippen LogP contribution in [0.5, 0.6) is 11.5 Å². The summed E-state index contributed by atoms with van der Waals surface area (Å²) in [5, 5.41) is 2.47. The molecule has 0 aromatic heterocycles. The predicted octanol–water partition coefficient (Wildman–Crippen LogP) is 3.63. The summed E-state index contributed by atoms with van der Waals surface area (Å²) in [4.78, 5) is 35.8. The molecule has 0 unspecified atom stereocenters. The van der Waals surface area contributed by atoms with Crippen molar-refractivity contribution in [2.24, 2.45) is 0 Å². The number of Topliss-reactive ketones (excluding diaryl/α,β-unsaturated/α-hetero) is 1. The van der Waals surface area contributed by atoms with Crippen LogP contribution in [-0.4, -0.2) is 30.8 Å². The molecule has 0 bridgehead atoms. The van der Waals surface area contributed by atoms with E-state index < -0.39 is 11.9 Å². The molecular formula is C23H19NO5. The number of rotatable bonds is 8. The number of ether oxygens (including phenoxy) is 2. The second kappa shape index (κ2) is 9.85. The number of amides is 1. The van der Waals surface area contributed by atoms with Gasteiger partial charge in [0.25, 0.3) is 5.91 Å². The van der Waals surface area contributed by atoms with Gasteiger partial charge in [-0.1, -0.05) is 48.5 Å². The molecule has 3 aromatic carbocycles. The van der Waals surface area contributed by atoms with E-state index in [1.54, 1.807) is 54.6 Å². The summed E-state index contributed by atoms with van der Waals surface area (Å²) < 4.78 is 10.6. The minimum Gasteiger partial charge on any atom is -0.457 e. The van der Waals surface area contributed by atoms with E-state index >= 15 is 0 Å². The third-order valence-corrected chi connectivity index (χ3v) is 3.95. The SMILES string of the molecule is O=C(CNC(=O)c1ccc(Oc2ccccc2)cc1)OCC(=O)c1ccccc1. The van der Waals surface area contributed by atoms with Gasteiger partial charge in [0.05, 0.1) is 0 Å². The van der Waals surface area contributed by atoms with Crippen LogP contribution in [0, 0.1) is 0 Å². The fourth-order valence-electron chi connectivity index (χ4n) is 2.46. The van der Waals surface area contributed by atoms with Crippen LogP contribution in [0.3, 0.4) is 0 Å². The number of esters is 1. The first kappa shape index (κ1) is 19.8. The van der Waals surface area contributed by atoms with Gasteiger partial charge in [0.15, 0.2) is 12.4 Å². The summed E-state index contributed by atoms with van der Waals surface area (Å²) in [7, 11) is 0. The Morgan fingerprint density at radius 2 is 1.28 bits per heavy atom. The number of ketones is 1. The molecule has 3 rings (SSSR count). The average Bonchev–Trinajstić information content (AvgIpc) is 2.77. The van der Waals surface area contributed by atoms with Crippen LogP contribution in [0.2, 0.25) is 0 Å². The maximum absolute atomic E-state index is 12.2. The summed E-state index contributed by atoms with van der Waals surface area (Å²) >= 11 is 0. The molecule has 0 spiro atoms. The minimum absolute atomic E-state index is 0.306. The van der Waals surface area contributed by atoms with Crippen LogP contribution in [-0.2, 0) is 9.53 Å². The monoisotopic (exact) mass is 389 g/mol. The van der Waals surface area contributed by atoms with Gasteiger partial charge in [-0.3, -0.25) is 14.4 Å². The van der Waals surface area contributed by atoms with Crippen molar-refractivity contribution in [1.29, 1.82) is 0 Å². The second-order valence-corrected chi connectivity index (χ2v) is 6.07. The molecule has 3 aromatic rings. The van der Waals surface area contributed by atoms with Gasteiger partial charge in [0.1, 0.15) is 18.0 Å². The molecule has 0 aliphatic rings. The lowest BCUT2D eigenvalue weighted by Gasteiger charge is -2.08. The number of benzene rings is 3. The summed E-state index contributed by atoms with van der Waals surface area (Å²) in [5.74, 6) is -0.141. The molecule has 0 aliphatic heterocycles. The lowest BCUT2D eigenvalue weighted by atomic mass is 10.1. The van der Waals surface area contributed by atoms with Crippen LogP contribution < -0.4 is 10.1 Å². The quantitative estimate of drug-likeness (QED) is 0.470. The van der Waals surface area contributed by atoms with E-state index in [4.69, 9.17) is 9.47 Å². The molecule has 0 fully saturated rings. The third-order valence-electron chi connectivity index (χ3n) is 3.95. The van der Waals surface area contributed by atoms with E-state index in [9.17, 15) is 14.4 Å². The molecule has 29 heavy (non-hydrogen) atoms. The fourth-order valence-corrected chi connectivity index (χ4v) is 2.46. The first-order valence-electron chi connectivity index (χ1n) is 8.97. The van der Waals surface area contributed by atoms with Gasteiger partial charge in [-0.05, 0) is 36.4 Å². The zero-order valence-electron chi connectivity index (χ0n) is 15.5. The first-order valence-corrected chi connectivity index (χ1v) is 8.97. The summed E-state index contributed by atoms with van der Waals surface area (Å²) in [5.41, 5.74) is 0.834. The molecule has 6 nitrogen and oxygen atoms in total. The molecule has 1 amide bonds. The van der Waals surface area contributed by atoms with Gasteiger partial charge in [-0.25, -0.2) is 0 Å². The van der Waals surface area contributed by atoms with E-state index in [1.165, 1.54) is 0 Å². The lowest BCUT2D eigenvalue weighted by molar-refractivity contribution is -0.141. The lowest BCUT2D eigenvalue weighted by Crippen LogP contribution is -2.31. The highest BCUT2D eigenvalue weighted by Crippen LogP contribution is 2.21. The van der Waals surface area contributed by atoms with Crippen molar-refractivity contribution in [1.82, 2.24) is 5.32 Å². The number of hydrogen-bond donors (Lipinski definition) is 1. The summed E-state index contributed by atoms with van der Waals surface area (Å²) in [6, 6.07) is 24.3. The van der Waals surface area contributed by atoms with E-state index in [2.05, 4.69) is 5.32 Å². The Morgan fingerprint density at radius 1 is 0.690 bits per heavy atom. The van der Waals surface area contributed by atoms with Crippen molar-refractivity contribution in [2.75, 3.05) is 13.2 Å². The largest absolute Gasteiger partial charge is 0.457 e. The van der Waals surface area contributed by atoms with Gasteiger partial charge < -0.3 is 14.8 Å². The van der Waals surface area contributed by atoms with E-state index in [-0.39, 0.29) is 18.9 Å². The molecule has 0 saturated carbocycles. The first-order chi connectivity index (χ1) is 14.1. The standard InChI is InChI=1S/C23H19NO5/c25-21(17-7-3-1-4-8-17)16-28-22(26)15-24-23(27)18-11-13-20(14-12-18)29-19-9-5-2-6-10-19/h1-14H,15-16H2,(H,24,27). The van der Waals surface area contributed by atoms with Crippen molar-refractivity contribution in [3.63, 3.8) is 0 Å². The number of nitrogens with one attached hydrogen (secondary N) is 1. The van der Waals surface area contributed by atoms with E-state index in [0.717, 1.165) is 0 Å². The minimum atomic E-state index is -0.688. The summed E-state index contributed by atoms with van der Waals surface area (Å²) in [6.45, 7) is -0.701. The maximum atomic E-state index is 12.2. The molecule has 0 saturated heterocycles. The highest BCUT2D eigenvalue weighted by Gasteiger charge is 2.12. The van der Waals surface area contributed by atoms with Crippen molar-refractivity contribution >= 4 is 17.7 Å². The molecule has 0 radical (unpaired) electrons. The predicted molar refractivity (Wildman–Crippen MR) is 107 cm³/mol. The van der Waals surface area contributed by atoms with Gasteiger partial charge in [0.2, 0.25) is 0 Å². The molecule has 1 N–H and O–H groups in total.